The predicted octanol–water partition coefficient (Wildman–Crippen LogP) is 2.62. The van der Waals surface area contributed by atoms with Crippen LogP contribution in [0.3, 0.4) is 0 Å². The van der Waals surface area contributed by atoms with Crippen molar-refractivity contribution in [3.8, 4) is 0 Å². The van der Waals surface area contributed by atoms with Crippen LogP contribution in [0.5, 0.6) is 0 Å². The molecule has 1 aromatic heterocycles. The molecular weight excluding hydrogens is 434 g/mol. The maximum Gasteiger partial charge on any atom is 0.342 e. The van der Waals surface area contributed by atoms with Crippen molar-refractivity contribution in [1.82, 2.24) is 14.9 Å². The zero-order chi connectivity index (χ0) is 22.9. The molecule has 8 nitrogen and oxygen atoms in total. The first-order valence-corrected chi connectivity index (χ1v) is 10.5. The minimum Gasteiger partial charge on any atom is -0.459 e. The van der Waals surface area contributed by atoms with Gasteiger partial charge < -0.3 is 4.74 Å². The first-order valence-electron chi connectivity index (χ1n) is 10.1. The van der Waals surface area contributed by atoms with Crippen molar-refractivity contribution in [2.45, 2.75) is 38.3 Å². The van der Waals surface area contributed by atoms with Crippen LogP contribution < -0.4 is 10.9 Å². The van der Waals surface area contributed by atoms with Crippen molar-refractivity contribution < 1.29 is 19.1 Å². The normalized spacial score (nSPS) is 18.8. The van der Waals surface area contributed by atoms with E-state index in [1.807, 2.05) is 6.07 Å². The Labute approximate surface area is 188 Å². The molecule has 1 saturated heterocycles. The van der Waals surface area contributed by atoms with Gasteiger partial charge in [-0.3, -0.25) is 24.3 Å². The van der Waals surface area contributed by atoms with E-state index >= 15 is 0 Å². The molecule has 164 valence electrons. The number of imide groups is 1. The number of hydrogen-bond donors (Lipinski definition) is 1. The minimum atomic E-state index is -2.07. The Morgan fingerprint density at radius 2 is 1.94 bits per heavy atom. The monoisotopic (exact) mass is 453 g/mol. The lowest BCUT2D eigenvalue weighted by Crippen LogP contribution is -2.58. The highest BCUT2D eigenvalue weighted by atomic mass is 35.5. The van der Waals surface area contributed by atoms with Gasteiger partial charge in [0.2, 0.25) is 11.4 Å². The Bertz CT molecular complexity index is 1290. The predicted molar refractivity (Wildman–Crippen MR) is 117 cm³/mol. The summed E-state index contributed by atoms with van der Waals surface area (Å²) >= 11 is 6.03. The number of halogens is 1. The fraction of sp³-hybridized carbons (Fsp3) is 0.261. The highest BCUT2D eigenvalue weighted by Gasteiger charge is 2.52. The second-order valence-corrected chi connectivity index (χ2v) is 8.05. The molecule has 2 amide bonds. The van der Waals surface area contributed by atoms with Crippen molar-refractivity contribution in [2.24, 2.45) is 0 Å². The molecule has 9 heteroatoms. The van der Waals surface area contributed by atoms with Gasteiger partial charge in [0.1, 0.15) is 12.4 Å². The van der Waals surface area contributed by atoms with Crippen LogP contribution in [-0.2, 0) is 31.3 Å². The third-order valence-corrected chi connectivity index (χ3v) is 5.74. The van der Waals surface area contributed by atoms with E-state index in [-0.39, 0.29) is 37.1 Å². The maximum absolute atomic E-state index is 13.5. The van der Waals surface area contributed by atoms with Crippen LogP contribution in [0.15, 0.2) is 53.3 Å². The molecule has 1 unspecified atom stereocenters. The third kappa shape index (κ3) is 3.78. The Morgan fingerprint density at radius 1 is 1.19 bits per heavy atom. The second kappa shape index (κ2) is 8.55. The second-order valence-electron chi connectivity index (χ2n) is 7.61. The number of esters is 1. The highest BCUT2D eigenvalue weighted by Crippen LogP contribution is 2.30. The van der Waals surface area contributed by atoms with Crippen molar-refractivity contribution in [2.75, 3.05) is 0 Å². The van der Waals surface area contributed by atoms with Gasteiger partial charge in [0, 0.05) is 11.4 Å². The Hall–Kier alpha value is -3.52. The average Bonchev–Trinajstić information content (AvgIpc) is 2.90. The highest BCUT2D eigenvalue weighted by molar-refractivity contribution is 6.31. The summed E-state index contributed by atoms with van der Waals surface area (Å²) in [5.41, 5.74) is -1.60. The topological polar surface area (TPSA) is 107 Å². The van der Waals surface area contributed by atoms with Gasteiger partial charge in [-0.1, -0.05) is 41.9 Å². The van der Waals surface area contributed by atoms with E-state index in [9.17, 15) is 19.2 Å². The van der Waals surface area contributed by atoms with Crippen molar-refractivity contribution in [3.63, 3.8) is 0 Å². The van der Waals surface area contributed by atoms with Gasteiger partial charge in [0.15, 0.2) is 0 Å². The number of fused-ring (bicyclic) bond motifs is 1. The van der Waals surface area contributed by atoms with Gasteiger partial charge in [-0.25, -0.2) is 9.78 Å². The van der Waals surface area contributed by atoms with Crippen LogP contribution in [0.4, 0.5) is 0 Å². The molecule has 1 atom stereocenters. The summed E-state index contributed by atoms with van der Waals surface area (Å²) in [6.07, 6.45) is 0.173. The van der Waals surface area contributed by atoms with Crippen LogP contribution in [0.1, 0.15) is 30.7 Å². The van der Waals surface area contributed by atoms with Gasteiger partial charge in [-0.2, -0.15) is 0 Å². The summed E-state index contributed by atoms with van der Waals surface area (Å²) in [7, 11) is 0. The van der Waals surface area contributed by atoms with E-state index in [4.69, 9.17) is 16.3 Å². The third-order valence-electron chi connectivity index (χ3n) is 5.50. The zero-order valence-corrected chi connectivity index (χ0v) is 18.0. The number of hydrogen-bond acceptors (Lipinski definition) is 6. The summed E-state index contributed by atoms with van der Waals surface area (Å²) in [6, 6.07) is 13.5. The number of amides is 2. The minimum absolute atomic E-state index is 0.0455. The van der Waals surface area contributed by atoms with E-state index in [2.05, 4.69) is 10.3 Å². The van der Waals surface area contributed by atoms with Gasteiger partial charge in [0.25, 0.3) is 11.5 Å². The smallest absolute Gasteiger partial charge is 0.342 e. The zero-order valence-electron chi connectivity index (χ0n) is 17.3. The number of nitrogens with one attached hydrogen (secondary N) is 1. The molecule has 2 aromatic carbocycles. The van der Waals surface area contributed by atoms with Gasteiger partial charge in [-0.05, 0) is 43.5 Å². The van der Waals surface area contributed by atoms with E-state index in [0.717, 1.165) is 10.1 Å². The van der Waals surface area contributed by atoms with E-state index in [0.29, 0.717) is 10.5 Å². The number of rotatable bonds is 4. The van der Waals surface area contributed by atoms with Gasteiger partial charge in [0.05, 0.1) is 10.9 Å². The lowest BCUT2D eigenvalue weighted by molar-refractivity contribution is -0.161. The fourth-order valence-corrected chi connectivity index (χ4v) is 4.14. The SMILES string of the molecule is Cc1nc2cc(Cl)ccc2c(=O)n1C1(C(=O)OCc2ccccc2)CCCC(=O)NC1=O. The molecule has 1 aliphatic heterocycles. The number of aryl methyl sites for hydroxylation is 1. The summed E-state index contributed by atoms with van der Waals surface area (Å²) in [5, 5.41) is 2.83. The summed E-state index contributed by atoms with van der Waals surface area (Å²) < 4.78 is 6.55. The Balaban J connectivity index is 1.87. The van der Waals surface area contributed by atoms with Gasteiger partial charge >= 0.3 is 5.97 Å². The standard InChI is InChI=1S/C23H20ClN3O5/c1-14-25-18-12-16(24)9-10-17(18)20(29)27(14)23(11-5-8-19(28)26-21(23)30)22(31)32-13-15-6-3-2-4-7-15/h2-4,6-7,9-10,12H,5,8,11,13H2,1H3,(H,26,28,30). The summed E-state index contributed by atoms with van der Waals surface area (Å²) in [6.45, 7) is 1.43. The molecule has 0 spiro atoms. The van der Waals surface area contributed by atoms with Crippen molar-refractivity contribution in [3.05, 3.63) is 75.3 Å². The van der Waals surface area contributed by atoms with Crippen LogP contribution in [0.2, 0.25) is 5.02 Å². The van der Waals surface area contributed by atoms with Crippen molar-refractivity contribution in [1.29, 1.82) is 0 Å². The van der Waals surface area contributed by atoms with Crippen LogP contribution in [0.25, 0.3) is 10.9 Å². The molecule has 0 radical (unpaired) electrons. The van der Waals surface area contributed by atoms with Crippen LogP contribution in [0, 0.1) is 6.92 Å². The molecule has 1 fully saturated rings. The number of carbonyl (C=O) groups is 3. The van der Waals surface area contributed by atoms with E-state index in [1.165, 1.54) is 25.1 Å². The molecule has 1 N–H and O–H groups in total. The first-order chi connectivity index (χ1) is 15.3. The van der Waals surface area contributed by atoms with Gasteiger partial charge in [-0.15, -0.1) is 0 Å². The van der Waals surface area contributed by atoms with Crippen molar-refractivity contribution >= 4 is 40.3 Å². The Kier molecular flexibility index (Phi) is 5.80. The summed E-state index contributed by atoms with van der Waals surface area (Å²) in [5.74, 6) is -2.21. The largest absolute Gasteiger partial charge is 0.459 e. The average molecular weight is 454 g/mol. The molecule has 1 aliphatic rings. The quantitative estimate of drug-likeness (QED) is 0.369. The number of ether oxygens (including phenoxy) is 1. The molecule has 3 aromatic rings. The van der Waals surface area contributed by atoms with E-state index < -0.39 is 28.9 Å². The molecule has 0 bridgehead atoms. The molecule has 0 saturated carbocycles. The lowest BCUT2D eigenvalue weighted by Gasteiger charge is -2.31. The lowest BCUT2D eigenvalue weighted by atomic mass is 9.91. The number of benzene rings is 2. The summed E-state index contributed by atoms with van der Waals surface area (Å²) in [4.78, 5) is 56.6. The number of nitrogens with zero attached hydrogens (tertiary/aromatic N) is 2. The molecule has 0 aliphatic carbocycles. The Morgan fingerprint density at radius 3 is 2.69 bits per heavy atom. The fourth-order valence-electron chi connectivity index (χ4n) is 3.97. The molecule has 32 heavy (non-hydrogen) atoms. The molecule has 2 heterocycles. The molecule has 4 rings (SSSR count). The van der Waals surface area contributed by atoms with Crippen LogP contribution >= 0.6 is 11.6 Å². The number of carbonyl (C=O) groups excluding carboxylic acids is 3. The number of aromatic nitrogens is 2. The van der Waals surface area contributed by atoms with E-state index in [1.54, 1.807) is 24.3 Å². The molecular formula is C23H20ClN3O5. The maximum atomic E-state index is 13.5. The first kappa shape index (κ1) is 21.7. The van der Waals surface area contributed by atoms with Crippen LogP contribution in [-0.4, -0.2) is 27.3 Å².